The van der Waals surface area contributed by atoms with Crippen molar-refractivity contribution in [2.45, 2.75) is 20.8 Å². The fourth-order valence-electron chi connectivity index (χ4n) is 2.15. The van der Waals surface area contributed by atoms with E-state index >= 15 is 0 Å². The second-order valence-corrected chi connectivity index (χ2v) is 5.82. The summed E-state index contributed by atoms with van der Waals surface area (Å²) in [5, 5.41) is 3.14. The summed E-state index contributed by atoms with van der Waals surface area (Å²) in [4.78, 5) is 24.4. The van der Waals surface area contributed by atoms with Gasteiger partial charge < -0.3 is 15.8 Å². The molecule has 1 aromatic heterocycles. The van der Waals surface area contributed by atoms with Crippen LogP contribution < -0.4 is 15.8 Å². The zero-order valence-corrected chi connectivity index (χ0v) is 13.5. The number of Topliss-reactive ketones (excluding diaryl/α,β-unsaturated/α-hetero) is 1. The number of rotatable bonds is 5. The fourth-order valence-corrected chi connectivity index (χ4v) is 3.12. The smallest absolute Gasteiger partial charge is 0.258 e. The summed E-state index contributed by atoms with van der Waals surface area (Å²) >= 11 is 1.14. The van der Waals surface area contributed by atoms with Crippen molar-refractivity contribution in [2.24, 2.45) is 0 Å². The number of amides is 1. The molecule has 0 aliphatic heterocycles. The first-order valence-corrected chi connectivity index (χ1v) is 7.69. The summed E-state index contributed by atoms with van der Waals surface area (Å²) in [5.41, 5.74) is 7.51. The molecule has 1 amide bonds. The standard InChI is InChI=1S/C16H18N2O3S/c1-4-21-12-7-5-11(6-8-12)18-16(20)13-9(2)14(10(3)19)22-15(13)17/h5-8H,4,17H2,1-3H3,(H,18,20). The average Bonchev–Trinajstić information content (AvgIpc) is 2.76. The van der Waals surface area contributed by atoms with E-state index in [2.05, 4.69) is 5.32 Å². The number of hydrogen-bond acceptors (Lipinski definition) is 5. The number of thiophene rings is 1. The molecule has 1 heterocycles. The van der Waals surface area contributed by atoms with E-state index in [0.29, 0.717) is 33.3 Å². The van der Waals surface area contributed by atoms with Crippen LogP contribution in [0.5, 0.6) is 5.75 Å². The van der Waals surface area contributed by atoms with Crippen molar-refractivity contribution in [3.05, 3.63) is 40.3 Å². The average molecular weight is 318 g/mol. The fraction of sp³-hybridized carbons (Fsp3) is 0.250. The number of anilines is 2. The third-order valence-electron chi connectivity index (χ3n) is 3.14. The highest BCUT2D eigenvalue weighted by atomic mass is 32.1. The van der Waals surface area contributed by atoms with Gasteiger partial charge in [0.25, 0.3) is 5.91 Å². The lowest BCUT2D eigenvalue weighted by atomic mass is 10.1. The molecule has 0 spiro atoms. The molecule has 0 fully saturated rings. The maximum absolute atomic E-state index is 12.4. The van der Waals surface area contributed by atoms with Gasteiger partial charge in [0.15, 0.2) is 5.78 Å². The van der Waals surface area contributed by atoms with E-state index in [-0.39, 0.29) is 11.7 Å². The number of benzene rings is 1. The Kier molecular flexibility index (Phi) is 4.82. The summed E-state index contributed by atoms with van der Waals surface area (Å²) in [5.74, 6) is 0.336. The predicted octanol–water partition coefficient (Wildman–Crippen LogP) is 3.49. The summed E-state index contributed by atoms with van der Waals surface area (Å²) in [6, 6.07) is 7.08. The van der Waals surface area contributed by atoms with Crippen molar-refractivity contribution in [1.29, 1.82) is 0 Å². The maximum atomic E-state index is 12.4. The monoisotopic (exact) mass is 318 g/mol. The Balaban J connectivity index is 2.20. The molecule has 2 aromatic rings. The number of ether oxygens (including phenoxy) is 1. The Morgan fingerprint density at radius 3 is 2.41 bits per heavy atom. The van der Waals surface area contributed by atoms with Crippen LogP contribution in [-0.4, -0.2) is 18.3 Å². The van der Waals surface area contributed by atoms with Crippen molar-refractivity contribution in [2.75, 3.05) is 17.7 Å². The lowest BCUT2D eigenvalue weighted by Gasteiger charge is -2.08. The lowest BCUT2D eigenvalue weighted by Crippen LogP contribution is -2.14. The highest BCUT2D eigenvalue weighted by Gasteiger charge is 2.21. The van der Waals surface area contributed by atoms with Crippen molar-refractivity contribution < 1.29 is 14.3 Å². The summed E-state index contributed by atoms with van der Waals surface area (Å²) in [7, 11) is 0. The van der Waals surface area contributed by atoms with Crippen molar-refractivity contribution in [3.63, 3.8) is 0 Å². The number of carbonyl (C=O) groups is 2. The number of nitrogen functional groups attached to an aromatic ring is 1. The molecule has 116 valence electrons. The number of ketones is 1. The molecular weight excluding hydrogens is 300 g/mol. The summed E-state index contributed by atoms with van der Waals surface area (Å²) in [6.07, 6.45) is 0. The van der Waals surface area contributed by atoms with Crippen LogP contribution in [0.1, 0.15) is 39.4 Å². The largest absolute Gasteiger partial charge is 0.494 e. The number of nitrogens with one attached hydrogen (secondary N) is 1. The van der Waals surface area contributed by atoms with Gasteiger partial charge in [-0.2, -0.15) is 0 Å². The SMILES string of the molecule is CCOc1ccc(NC(=O)c2c(N)sc(C(C)=O)c2C)cc1. The molecular formula is C16H18N2O3S. The van der Waals surface area contributed by atoms with Crippen LogP contribution in [0.15, 0.2) is 24.3 Å². The second-order valence-electron chi connectivity index (χ2n) is 4.76. The predicted molar refractivity (Wildman–Crippen MR) is 89.0 cm³/mol. The van der Waals surface area contributed by atoms with Crippen LogP contribution in [0.25, 0.3) is 0 Å². The van der Waals surface area contributed by atoms with E-state index in [1.807, 2.05) is 6.92 Å². The quantitative estimate of drug-likeness (QED) is 0.827. The number of hydrogen-bond donors (Lipinski definition) is 2. The van der Waals surface area contributed by atoms with Crippen LogP contribution >= 0.6 is 11.3 Å². The van der Waals surface area contributed by atoms with Crippen LogP contribution in [0.2, 0.25) is 0 Å². The van der Waals surface area contributed by atoms with Gasteiger partial charge in [-0.25, -0.2) is 0 Å². The van der Waals surface area contributed by atoms with Gasteiger partial charge in [0.2, 0.25) is 0 Å². The maximum Gasteiger partial charge on any atom is 0.258 e. The first-order valence-electron chi connectivity index (χ1n) is 6.88. The molecule has 0 atom stereocenters. The van der Waals surface area contributed by atoms with Crippen LogP contribution in [0.3, 0.4) is 0 Å². The van der Waals surface area contributed by atoms with Gasteiger partial charge in [-0.05, 0) is 50.6 Å². The normalized spacial score (nSPS) is 10.3. The van der Waals surface area contributed by atoms with Crippen molar-refractivity contribution in [3.8, 4) is 5.75 Å². The molecule has 2 rings (SSSR count). The minimum absolute atomic E-state index is 0.0886. The molecule has 5 nitrogen and oxygen atoms in total. The van der Waals surface area contributed by atoms with Crippen LogP contribution in [-0.2, 0) is 0 Å². The zero-order chi connectivity index (χ0) is 16.3. The number of nitrogens with two attached hydrogens (primary N) is 1. The minimum Gasteiger partial charge on any atom is -0.494 e. The Morgan fingerprint density at radius 2 is 1.91 bits per heavy atom. The Hall–Kier alpha value is -2.34. The van der Waals surface area contributed by atoms with Gasteiger partial charge >= 0.3 is 0 Å². The van der Waals surface area contributed by atoms with Gasteiger partial charge in [-0.3, -0.25) is 9.59 Å². The van der Waals surface area contributed by atoms with E-state index in [1.54, 1.807) is 31.2 Å². The molecule has 0 saturated carbocycles. The minimum atomic E-state index is -0.317. The highest BCUT2D eigenvalue weighted by molar-refractivity contribution is 7.18. The number of carbonyl (C=O) groups excluding carboxylic acids is 2. The van der Waals surface area contributed by atoms with E-state index in [1.165, 1.54) is 6.92 Å². The topological polar surface area (TPSA) is 81.4 Å². The molecule has 0 aliphatic rings. The summed E-state index contributed by atoms with van der Waals surface area (Å²) < 4.78 is 5.35. The Morgan fingerprint density at radius 1 is 1.27 bits per heavy atom. The lowest BCUT2D eigenvalue weighted by molar-refractivity contribution is 0.102. The Labute approximate surface area is 133 Å². The first kappa shape index (κ1) is 16.0. The van der Waals surface area contributed by atoms with E-state index < -0.39 is 0 Å². The Bertz CT molecular complexity index is 705. The van der Waals surface area contributed by atoms with Crippen molar-refractivity contribution in [1.82, 2.24) is 0 Å². The molecule has 3 N–H and O–H groups in total. The zero-order valence-electron chi connectivity index (χ0n) is 12.7. The molecule has 0 radical (unpaired) electrons. The highest BCUT2D eigenvalue weighted by Crippen LogP contribution is 2.31. The van der Waals surface area contributed by atoms with Gasteiger partial charge in [-0.1, -0.05) is 0 Å². The van der Waals surface area contributed by atoms with Gasteiger partial charge in [0, 0.05) is 5.69 Å². The summed E-state index contributed by atoms with van der Waals surface area (Å²) in [6.45, 7) is 5.69. The van der Waals surface area contributed by atoms with Gasteiger partial charge in [-0.15, -0.1) is 11.3 Å². The van der Waals surface area contributed by atoms with Gasteiger partial charge in [0.1, 0.15) is 5.75 Å². The van der Waals surface area contributed by atoms with Gasteiger partial charge in [0.05, 0.1) is 22.0 Å². The molecule has 0 aliphatic carbocycles. The van der Waals surface area contributed by atoms with E-state index in [0.717, 1.165) is 17.1 Å². The molecule has 22 heavy (non-hydrogen) atoms. The molecule has 6 heteroatoms. The molecule has 1 aromatic carbocycles. The molecule has 0 bridgehead atoms. The third kappa shape index (κ3) is 3.28. The van der Waals surface area contributed by atoms with Crippen LogP contribution in [0, 0.1) is 6.92 Å². The van der Waals surface area contributed by atoms with Crippen molar-refractivity contribution >= 4 is 33.7 Å². The van der Waals surface area contributed by atoms with E-state index in [4.69, 9.17) is 10.5 Å². The first-order chi connectivity index (χ1) is 10.4. The second kappa shape index (κ2) is 6.62. The van der Waals surface area contributed by atoms with E-state index in [9.17, 15) is 9.59 Å². The third-order valence-corrected chi connectivity index (χ3v) is 4.37. The van der Waals surface area contributed by atoms with Crippen LogP contribution in [0.4, 0.5) is 10.7 Å². The molecule has 0 unspecified atom stereocenters. The molecule has 0 saturated heterocycles.